The fraction of sp³-hybridized carbons (Fsp3) is 0.360. The molecule has 0 bridgehead atoms. The van der Waals surface area contributed by atoms with Crippen molar-refractivity contribution in [2.45, 2.75) is 45.6 Å². The van der Waals surface area contributed by atoms with E-state index in [4.69, 9.17) is 11.6 Å². The van der Waals surface area contributed by atoms with Crippen molar-refractivity contribution in [3.05, 3.63) is 62.0 Å². The molecule has 1 aliphatic rings. The molecule has 8 nitrogen and oxygen atoms in total. The van der Waals surface area contributed by atoms with E-state index in [1.807, 2.05) is 25.7 Å². The molecular weight excluding hydrogens is 488 g/mol. The summed E-state index contributed by atoms with van der Waals surface area (Å²) in [6.45, 7) is 7.17. The summed E-state index contributed by atoms with van der Waals surface area (Å²) in [6.07, 6.45) is 3.09. The smallest absolute Gasteiger partial charge is 0.293 e. The third-order valence-corrected chi connectivity index (χ3v) is 7.47. The second kappa shape index (κ2) is 9.83. The molecule has 35 heavy (non-hydrogen) atoms. The number of carbonyl (C=O) groups excluding carboxylic acids is 2. The zero-order chi connectivity index (χ0) is 25.3. The van der Waals surface area contributed by atoms with E-state index in [9.17, 15) is 19.7 Å². The van der Waals surface area contributed by atoms with Crippen LogP contribution in [0, 0.1) is 10.1 Å². The van der Waals surface area contributed by atoms with Gasteiger partial charge in [0.05, 0.1) is 20.3 Å². The Balaban J connectivity index is 1.63. The van der Waals surface area contributed by atoms with Crippen molar-refractivity contribution in [2.24, 2.45) is 0 Å². The summed E-state index contributed by atoms with van der Waals surface area (Å²) in [7, 11) is 0. The molecule has 3 aromatic rings. The maximum atomic E-state index is 13.1. The van der Waals surface area contributed by atoms with E-state index in [0.29, 0.717) is 31.4 Å². The van der Waals surface area contributed by atoms with Crippen LogP contribution >= 0.6 is 22.9 Å². The maximum Gasteiger partial charge on any atom is 0.293 e. The lowest BCUT2D eigenvalue weighted by atomic mass is 10.1. The van der Waals surface area contributed by atoms with Crippen LogP contribution in [0.3, 0.4) is 0 Å². The number of piperidine rings is 1. The minimum Gasteiger partial charge on any atom is -0.366 e. The van der Waals surface area contributed by atoms with Gasteiger partial charge in [0.1, 0.15) is 10.6 Å². The quantitative estimate of drug-likeness (QED) is 0.310. The number of hydrogen-bond acceptors (Lipinski definition) is 6. The van der Waals surface area contributed by atoms with Crippen molar-refractivity contribution in [3.8, 4) is 0 Å². The van der Waals surface area contributed by atoms with E-state index >= 15 is 0 Å². The Labute approximate surface area is 212 Å². The molecule has 2 heterocycles. The third-order valence-electron chi connectivity index (χ3n) is 5.73. The second-order valence-corrected chi connectivity index (χ2v) is 11.0. The molecule has 1 aromatic heterocycles. The lowest BCUT2D eigenvalue weighted by Crippen LogP contribution is -2.40. The largest absolute Gasteiger partial charge is 0.366 e. The molecule has 0 radical (unpaired) electrons. The topological polar surface area (TPSA) is 105 Å². The molecule has 0 spiro atoms. The molecule has 0 unspecified atom stereocenters. The van der Waals surface area contributed by atoms with Crippen molar-refractivity contribution in [2.75, 3.05) is 23.3 Å². The summed E-state index contributed by atoms with van der Waals surface area (Å²) < 4.78 is 0.657. The molecule has 0 aliphatic carbocycles. The maximum absolute atomic E-state index is 13.1. The third kappa shape index (κ3) is 5.41. The number of nitro groups is 1. The number of benzene rings is 2. The molecule has 0 atom stereocenters. The van der Waals surface area contributed by atoms with E-state index in [2.05, 4.69) is 10.6 Å². The van der Waals surface area contributed by atoms with E-state index < -0.39 is 16.4 Å². The Hall–Kier alpha value is -3.17. The summed E-state index contributed by atoms with van der Waals surface area (Å²) in [5, 5.41) is 18.5. The molecular formula is C25H27ClN4O4S. The van der Waals surface area contributed by atoms with Gasteiger partial charge in [0.2, 0.25) is 0 Å². The van der Waals surface area contributed by atoms with Crippen LogP contribution in [0.4, 0.5) is 17.1 Å². The number of nitro benzene ring substituents is 1. The average Bonchev–Trinajstić information content (AvgIpc) is 3.16. The van der Waals surface area contributed by atoms with Gasteiger partial charge in [-0.3, -0.25) is 19.7 Å². The summed E-state index contributed by atoms with van der Waals surface area (Å²) in [5.41, 5.74) is 0.689. The molecule has 1 aliphatic heterocycles. The van der Waals surface area contributed by atoms with Gasteiger partial charge in [-0.1, -0.05) is 23.7 Å². The molecule has 1 saturated heterocycles. The van der Waals surface area contributed by atoms with Gasteiger partial charge in [-0.25, -0.2) is 0 Å². The van der Waals surface area contributed by atoms with Crippen LogP contribution in [0.1, 0.15) is 60.1 Å². The number of fused-ring (bicyclic) bond motifs is 1. The van der Waals surface area contributed by atoms with Gasteiger partial charge in [0.15, 0.2) is 0 Å². The number of nitrogens with one attached hydrogen (secondary N) is 2. The van der Waals surface area contributed by atoms with Crippen LogP contribution in [0.25, 0.3) is 10.1 Å². The van der Waals surface area contributed by atoms with Gasteiger partial charge in [-0.2, -0.15) is 0 Å². The average molecular weight is 515 g/mol. The Morgan fingerprint density at radius 2 is 1.80 bits per heavy atom. The van der Waals surface area contributed by atoms with Gasteiger partial charge < -0.3 is 15.5 Å². The number of carbonyl (C=O) groups is 2. The number of rotatable bonds is 5. The van der Waals surface area contributed by atoms with Crippen molar-refractivity contribution >= 4 is 61.9 Å². The summed E-state index contributed by atoms with van der Waals surface area (Å²) in [6, 6.07) is 9.82. The lowest BCUT2D eigenvalue weighted by Gasteiger charge is -2.28. The molecule has 10 heteroatoms. The van der Waals surface area contributed by atoms with Crippen LogP contribution in [0.15, 0.2) is 36.4 Å². The van der Waals surface area contributed by atoms with Crippen LogP contribution in [-0.2, 0) is 0 Å². The number of nitrogens with zero attached hydrogens (tertiary/aromatic N) is 2. The highest BCUT2D eigenvalue weighted by atomic mass is 35.5. The van der Waals surface area contributed by atoms with E-state index in [1.54, 1.807) is 30.3 Å². The predicted molar refractivity (Wildman–Crippen MR) is 141 cm³/mol. The number of hydrogen-bond donors (Lipinski definition) is 2. The minimum absolute atomic E-state index is 0.0851. The molecule has 4 rings (SSSR count). The lowest BCUT2D eigenvalue weighted by molar-refractivity contribution is -0.384. The Morgan fingerprint density at radius 1 is 1.09 bits per heavy atom. The number of thiophene rings is 1. The van der Waals surface area contributed by atoms with Gasteiger partial charge in [-0.05, 0) is 58.2 Å². The molecule has 1 fully saturated rings. The Bertz CT molecular complexity index is 1310. The van der Waals surface area contributed by atoms with Crippen LogP contribution < -0.4 is 15.5 Å². The van der Waals surface area contributed by atoms with Crippen LogP contribution in [0.5, 0.6) is 0 Å². The van der Waals surface area contributed by atoms with Gasteiger partial charge in [-0.15, -0.1) is 11.3 Å². The van der Waals surface area contributed by atoms with E-state index in [0.717, 1.165) is 32.4 Å². The van der Waals surface area contributed by atoms with Crippen LogP contribution in [-0.4, -0.2) is 35.4 Å². The zero-order valence-electron chi connectivity index (χ0n) is 19.8. The summed E-state index contributed by atoms with van der Waals surface area (Å²) >= 11 is 7.70. The first-order valence-corrected chi connectivity index (χ1v) is 12.6. The number of halogens is 1. The summed E-state index contributed by atoms with van der Waals surface area (Å²) in [5.74, 6) is -0.763. The number of anilines is 2. The standard InChI is InChI=1S/C25H27ClN4O4S/c1-25(2,3)28-24(32)22-20(26)16-8-7-9-17(21(16)35-22)27-23(31)15-10-11-18(19(14-15)30(33)34)29-12-5-4-6-13-29/h7-11,14H,4-6,12-13H2,1-3H3,(H,27,31)(H,28,32). The molecule has 184 valence electrons. The second-order valence-electron chi connectivity index (χ2n) is 9.59. The predicted octanol–water partition coefficient (Wildman–Crippen LogP) is 6.23. The number of amides is 2. The first kappa shape index (κ1) is 24.9. The SMILES string of the molecule is CC(C)(C)NC(=O)c1sc2c(NC(=O)c3ccc(N4CCCCC4)c([N+](=O)[O-])c3)cccc2c1Cl. The highest BCUT2D eigenvalue weighted by Crippen LogP contribution is 2.40. The van der Waals surface area contributed by atoms with Crippen molar-refractivity contribution in [3.63, 3.8) is 0 Å². The summed E-state index contributed by atoms with van der Waals surface area (Å²) in [4.78, 5) is 39.5. The fourth-order valence-corrected chi connectivity index (χ4v) is 5.61. The monoisotopic (exact) mass is 514 g/mol. The highest BCUT2D eigenvalue weighted by molar-refractivity contribution is 7.22. The molecule has 2 aromatic carbocycles. The first-order valence-electron chi connectivity index (χ1n) is 11.4. The van der Waals surface area contributed by atoms with E-state index in [-0.39, 0.29) is 17.2 Å². The fourth-order valence-electron chi connectivity index (χ4n) is 4.14. The van der Waals surface area contributed by atoms with E-state index in [1.165, 1.54) is 17.4 Å². The van der Waals surface area contributed by atoms with Gasteiger partial charge in [0, 0.05) is 35.6 Å². The Morgan fingerprint density at radius 3 is 2.46 bits per heavy atom. The first-order chi connectivity index (χ1) is 16.5. The van der Waals surface area contributed by atoms with Gasteiger partial charge >= 0.3 is 0 Å². The van der Waals surface area contributed by atoms with Gasteiger partial charge in [0.25, 0.3) is 17.5 Å². The van der Waals surface area contributed by atoms with Crippen molar-refractivity contribution in [1.29, 1.82) is 0 Å². The van der Waals surface area contributed by atoms with Crippen molar-refractivity contribution in [1.82, 2.24) is 5.32 Å². The zero-order valence-corrected chi connectivity index (χ0v) is 21.4. The normalized spacial score (nSPS) is 14.1. The molecule has 2 amide bonds. The van der Waals surface area contributed by atoms with Crippen LogP contribution in [0.2, 0.25) is 5.02 Å². The Kier molecular flexibility index (Phi) is 7.00. The minimum atomic E-state index is -0.476. The highest BCUT2D eigenvalue weighted by Gasteiger charge is 2.25. The van der Waals surface area contributed by atoms with Crippen molar-refractivity contribution < 1.29 is 14.5 Å². The molecule has 0 saturated carbocycles. The molecule has 2 N–H and O–H groups in total.